The highest BCUT2D eigenvalue weighted by molar-refractivity contribution is 5.54. The smallest absolute Gasteiger partial charge is 0.130 e. The predicted octanol–water partition coefficient (Wildman–Crippen LogP) is 1.80. The lowest BCUT2D eigenvalue weighted by Crippen LogP contribution is -2.13. The topological polar surface area (TPSA) is 29.9 Å². The van der Waals surface area contributed by atoms with Gasteiger partial charge in [-0.3, -0.25) is 4.57 Å². The highest BCUT2D eigenvalue weighted by atomic mass is 15.2. The van der Waals surface area contributed by atoms with Gasteiger partial charge >= 0.3 is 0 Å². The second-order valence-electron chi connectivity index (χ2n) is 3.13. The molecule has 3 rings (SSSR count). The summed E-state index contributed by atoms with van der Waals surface area (Å²) in [5, 5.41) is 3.30. The van der Waals surface area contributed by atoms with Crippen LogP contribution in [0.4, 0.5) is 5.82 Å². The van der Waals surface area contributed by atoms with Crippen LogP contribution < -0.4 is 5.32 Å². The fraction of sp³-hybridized carbons (Fsp3) is 0.100. The molecule has 64 valence electrons. The van der Waals surface area contributed by atoms with Gasteiger partial charge in [-0.05, 0) is 11.6 Å². The summed E-state index contributed by atoms with van der Waals surface area (Å²) in [6, 6.07) is 8.35. The molecule has 2 heterocycles. The zero-order chi connectivity index (χ0) is 8.67. The van der Waals surface area contributed by atoms with Crippen molar-refractivity contribution in [2.24, 2.45) is 0 Å². The first-order valence-electron chi connectivity index (χ1n) is 4.29. The number of anilines is 1. The molecule has 0 aliphatic carbocycles. The Bertz CT molecular complexity index is 445. The fourth-order valence-corrected chi connectivity index (χ4v) is 1.70. The Hall–Kier alpha value is -1.77. The molecule has 2 aromatic rings. The van der Waals surface area contributed by atoms with Gasteiger partial charge in [-0.2, -0.15) is 0 Å². The number of fused-ring (bicyclic) bond motifs is 3. The summed E-state index contributed by atoms with van der Waals surface area (Å²) < 4.78 is 2.07. The minimum Gasteiger partial charge on any atom is -0.366 e. The highest BCUT2D eigenvalue weighted by Crippen LogP contribution is 2.24. The summed E-state index contributed by atoms with van der Waals surface area (Å²) in [7, 11) is 0. The van der Waals surface area contributed by atoms with Crippen molar-refractivity contribution in [2.45, 2.75) is 6.54 Å². The Morgan fingerprint density at radius 2 is 2.23 bits per heavy atom. The number of nitrogens with zero attached hydrogens (tertiary/aromatic N) is 2. The van der Waals surface area contributed by atoms with E-state index in [2.05, 4.69) is 33.1 Å². The van der Waals surface area contributed by atoms with Gasteiger partial charge in [0.1, 0.15) is 12.1 Å². The third kappa shape index (κ3) is 0.869. The van der Waals surface area contributed by atoms with Crippen LogP contribution in [0.2, 0.25) is 0 Å². The van der Waals surface area contributed by atoms with Gasteiger partial charge in [0.25, 0.3) is 0 Å². The van der Waals surface area contributed by atoms with Crippen LogP contribution in [0.15, 0.2) is 36.8 Å². The van der Waals surface area contributed by atoms with E-state index in [9.17, 15) is 0 Å². The van der Waals surface area contributed by atoms with E-state index in [4.69, 9.17) is 0 Å². The van der Waals surface area contributed by atoms with Crippen LogP contribution in [0.5, 0.6) is 0 Å². The van der Waals surface area contributed by atoms with Crippen LogP contribution in [0, 0.1) is 0 Å². The van der Waals surface area contributed by atoms with Gasteiger partial charge in [0.05, 0.1) is 11.9 Å². The van der Waals surface area contributed by atoms with Gasteiger partial charge in [0.2, 0.25) is 0 Å². The molecule has 0 unspecified atom stereocenters. The molecule has 1 aliphatic heterocycles. The summed E-state index contributed by atoms with van der Waals surface area (Å²) in [5.74, 6) is 1.07. The molecule has 0 bridgehead atoms. The van der Waals surface area contributed by atoms with Crippen LogP contribution in [0.3, 0.4) is 0 Å². The Morgan fingerprint density at radius 3 is 3.23 bits per heavy atom. The second kappa shape index (κ2) is 2.36. The molecule has 0 saturated carbocycles. The Kier molecular flexibility index (Phi) is 1.22. The minimum absolute atomic E-state index is 0.891. The quantitative estimate of drug-likeness (QED) is 0.655. The van der Waals surface area contributed by atoms with Gasteiger partial charge in [0, 0.05) is 6.54 Å². The van der Waals surface area contributed by atoms with Crippen LogP contribution in [0.1, 0.15) is 5.56 Å². The number of rotatable bonds is 0. The Morgan fingerprint density at radius 1 is 1.31 bits per heavy atom. The van der Waals surface area contributed by atoms with Crippen molar-refractivity contribution in [3.63, 3.8) is 0 Å². The zero-order valence-corrected chi connectivity index (χ0v) is 7.07. The van der Waals surface area contributed by atoms with Crippen molar-refractivity contribution in [3.05, 3.63) is 42.4 Å². The zero-order valence-electron chi connectivity index (χ0n) is 7.07. The van der Waals surface area contributed by atoms with Gasteiger partial charge in [-0.15, -0.1) is 0 Å². The van der Waals surface area contributed by atoms with E-state index in [-0.39, 0.29) is 0 Å². The maximum Gasteiger partial charge on any atom is 0.130 e. The maximum atomic E-state index is 4.10. The van der Waals surface area contributed by atoms with Crippen molar-refractivity contribution in [1.29, 1.82) is 0 Å². The van der Waals surface area contributed by atoms with Crippen LogP contribution >= 0.6 is 0 Å². The van der Waals surface area contributed by atoms with E-state index >= 15 is 0 Å². The van der Waals surface area contributed by atoms with E-state index in [0.717, 1.165) is 12.4 Å². The fourth-order valence-electron chi connectivity index (χ4n) is 1.70. The van der Waals surface area contributed by atoms with Gasteiger partial charge in [-0.1, -0.05) is 18.2 Å². The Balaban J connectivity index is 2.30. The lowest BCUT2D eigenvalue weighted by Gasteiger charge is -2.19. The van der Waals surface area contributed by atoms with Crippen molar-refractivity contribution < 1.29 is 0 Å². The van der Waals surface area contributed by atoms with Crippen LogP contribution in [-0.4, -0.2) is 9.55 Å². The molecule has 0 saturated heterocycles. The first-order valence-corrected chi connectivity index (χ1v) is 4.29. The lowest BCUT2D eigenvalue weighted by atomic mass is 10.1. The lowest BCUT2D eigenvalue weighted by molar-refractivity contribution is 0.946. The summed E-state index contributed by atoms with van der Waals surface area (Å²) in [5.41, 5.74) is 2.54. The molecule has 13 heavy (non-hydrogen) atoms. The molecule has 3 nitrogen and oxygen atoms in total. The molecule has 0 spiro atoms. The maximum absolute atomic E-state index is 4.10. The molecule has 0 atom stereocenters. The first-order chi connectivity index (χ1) is 6.45. The average molecular weight is 171 g/mol. The number of aromatic nitrogens is 2. The molecule has 1 aromatic carbocycles. The molecule has 0 fully saturated rings. The number of para-hydroxylation sites is 1. The monoisotopic (exact) mass is 171 g/mol. The van der Waals surface area contributed by atoms with Gasteiger partial charge in [-0.25, -0.2) is 4.98 Å². The van der Waals surface area contributed by atoms with Crippen molar-refractivity contribution >= 4 is 5.82 Å². The van der Waals surface area contributed by atoms with Crippen LogP contribution in [0.25, 0.3) is 5.69 Å². The molecular formula is C10H9N3. The number of benzene rings is 1. The normalized spacial score (nSPS) is 12.9. The standard InChI is InChI=1S/C10H9N3/c1-2-4-9-8(3-1)5-12-10-6-11-7-13(9)10/h1-4,6-7,12H,5H2. The first kappa shape index (κ1) is 6.71. The molecule has 1 aliphatic rings. The number of hydrogen-bond acceptors (Lipinski definition) is 2. The van der Waals surface area contributed by atoms with Crippen molar-refractivity contribution in [2.75, 3.05) is 5.32 Å². The molecular weight excluding hydrogens is 162 g/mol. The van der Waals surface area contributed by atoms with E-state index in [1.54, 1.807) is 0 Å². The van der Waals surface area contributed by atoms with E-state index in [0.29, 0.717) is 0 Å². The summed E-state index contributed by atoms with van der Waals surface area (Å²) in [6.07, 6.45) is 3.68. The Labute approximate surface area is 76.0 Å². The van der Waals surface area contributed by atoms with E-state index < -0.39 is 0 Å². The summed E-state index contributed by atoms with van der Waals surface area (Å²) >= 11 is 0. The van der Waals surface area contributed by atoms with Gasteiger partial charge in [0.15, 0.2) is 0 Å². The number of imidazole rings is 1. The largest absolute Gasteiger partial charge is 0.366 e. The van der Waals surface area contributed by atoms with E-state index in [1.807, 2.05) is 18.6 Å². The number of hydrogen-bond donors (Lipinski definition) is 1. The molecule has 0 radical (unpaired) electrons. The van der Waals surface area contributed by atoms with E-state index in [1.165, 1.54) is 11.3 Å². The number of nitrogens with one attached hydrogen (secondary N) is 1. The summed E-state index contributed by atoms with van der Waals surface area (Å²) in [6.45, 7) is 0.891. The van der Waals surface area contributed by atoms with Gasteiger partial charge < -0.3 is 5.32 Å². The van der Waals surface area contributed by atoms with Crippen molar-refractivity contribution in [1.82, 2.24) is 9.55 Å². The third-order valence-electron chi connectivity index (χ3n) is 2.35. The molecule has 3 heteroatoms. The second-order valence-corrected chi connectivity index (χ2v) is 3.13. The van der Waals surface area contributed by atoms with Crippen LogP contribution in [-0.2, 0) is 6.54 Å². The predicted molar refractivity (Wildman–Crippen MR) is 50.9 cm³/mol. The molecule has 0 amide bonds. The van der Waals surface area contributed by atoms with Crippen molar-refractivity contribution in [3.8, 4) is 5.69 Å². The SMILES string of the molecule is c1ccc2c(c1)CNc1cncn1-2. The highest BCUT2D eigenvalue weighted by Gasteiger charge is 2.12. The molecule has 1 N–H and O–H groups in total. The molecule has 1 aromatic heterocycles. The summed E-state index contributed by atoms with van der Waals surface area (Å²) in [4.78, 5) is 4.10. The third-order valence-corrected chi connectivity index (χ3v) is 2.35. The minimum atomic E-state index is 0.891. The average Bonchev–Trinajstić information content (AvgIpc) is 2.65.